The van der Waals surface area contributed by atoms with Crippen LogP contribution < -0.4 is 5.19 Å². The van der Waals surface area contributed by atoms with E-state index in [2.05, 4.69) is 189 Å². The molecule has 4 heteroatoms. The Morgan fingerprint density at radius 2 is 0.925 bits per heavy atom. The Balaban J connectivity index is 1.09. The van der Waals surface area contributed by atoms with Gasteiger partial charge in [0.15, 0.2) is 5.82 Å². The Morgan fingerprint density at radius 3 is 1.57 bits per heavy atom. The third-order valence-corrected chi connectivity index (χ3v) is 13.2. The van der Waals surface area contributed by atoms with Gasteiger partial charge in [-0.15, -0.1) is 11.3 Å². The van der Waals surface area contributed by atoms with Crippen molar-refractivity contribution in [3.63, 3.8) is 0 Å². The van der Waals surface area contributed by atoms with Gasteiger partial charge in [0.25, 0.3) is 0 Å². The van der Waals surface area contributed by atoms with Crippen LogP contribution in [0.25, 0.3) is 87.5 Å². The molecule has 2 aromatic heterocycles. The summed E-state index contributed by atoms with van der Waals surface area (Å²) in [4.78, 5) is 11.4. The lowest BCUT2D eigenvalue weighted by atomic mass is 9.95. The number of nitrogens with zero attached hydrogens (tertiary/aromatic N) is 2. The number of thiophene rings is 1. The highest BCUT2D eigenvalue weighted by molar-refractivity contribution is 7.22. The number of hydrogen-bond donors (Lipinski definition) is 0. The van der Waals surface area contributed by atoms with Crippen molar-refractivity contribution in [2.75, 3.05) is 0 Å². The molecule has 0 amide bonds. The maximum atomic E-state index is 5.23. The summed E-state index contributed by atoms with van der Waals surface area (Å²) in [7, 11) is -1.34. The lowest BCUT2D eigenvalue weighted by Gasteiger charge is -2.17. The van der Waals surface area contributed by atoms with Gasteiger partial charge in [0.2, 0.25) is 0 Å². The summed E-state index contributed by atoms with van der Waals surface area (Å²) in [6.45, 7) is 7.18. The molecule has 0 saturated heterocycles. The molecule has 0 spiro atoms. The molecule has 0 atom stereocenters. The first-order valence-corrected chi connectivity index (χ1v) is 22.5. The molecular formula is C49H38N2SSi. The molecule has 0 unspecified atom stereocenters. The standard InChI is InChI=1S/C49H38N2SSi/c1-53(2,3)42-25-22-33(23-26-42)36-15-9-16-37(28-36)38-17-10-18-39(29-38)40-19-11-20-41(30-40)46-32-45(35-13-5-4-6-14-35)50-49(51-46)48-31-44-43-21-8-7-12-34(43)24-27-47(44)52-48/h4-32H,1-3H3. The van der Waals surface area contributed by atoms with Crippen LogP contribution >= 0.6 is 11.3 Å². The Kier molecular flexibility index (Phi) is 8.42. The highest BCUT2D eigenvalue weighted by Crippen LogP contribution is 2.38. The van der Waals surface area contributed by atoms with Crippen molar-refractivity contribution in [1.82, 2.24) is 9.97 Å². The van der Waals surface area contributed by atoms with Gasteiger partial charge in [0, 0.05) is 21.2 Å². The first-order valence-electron chi connectivity index (χ1n) is 18.1. The lowest BCUT2D eigenvalue weighted by Crippen LogP contribution is -2.37. The van der Waals surface area contributed by atoms with Crippen molar-refractivity contribution < 1.29 is 0 Å². The van der Waals surface area contributed by atoms with Crippen LogP contribution in [0.3, 0.4) is 0 Å². The summed E-state index contributed by atoms with van der Waals surface area (Å²) in [5.74, 6) is 0.744. The molecule has 2 heterocycles. The zero-order valence-corrected chi connectivity index (χ0v) is 31.9. The maximum absolute atomic E-state index is 5.23. The van der Waals surface area contributed by atoms with Gasteiger partial charge in [-0.2, -0.15) is 0 Å². The molecule has 53 heavy (non-hydrogen) atoms. The van der Waals surface area contributed by atoms with Crippen molar-refractivity contribution >= 4 is 45.5 Å². The van der Waals surface area contributed by atoms with E-state index in [9.17, 15) is 0 Å². The molecule has 0 fully saturated rings. The van der Waals surface area contributed by atoms with Crippen LogP contribution in [0.2, 0.25) is 19.6 Å². The summed E-state index contributed by atoms with van der Waals surface area (Å²) < 4.78 is 1.24. The fraction of sp³-hybridized carbons (Fsp3) is 0.0612. The number of fused-ring (bicyclic) bond motifs is 3. The van der Waals surface area contributed by atoms with Crippen LogP contribution in [0.4, 0.5) is 0 Å². The molecule has 0 saturated carbocycles. The minimum atomic E-state index is -1.34. The van der Waals surface area contributed by atoms with Crippen molar-refractivity contribution in [3.8, 4) is 66.6 Å². The van der Waals surface area contributed by atoms with Gasteiger partial charge in [-0.3, -0.25) is 0 Å². The van der Waals surface area contributed by atoms with Crippen LogP contribution in [0.15, 0.2) is 176 Å². The Morgan fingerprint density at radius 1 is 0.396 bits per heavy atom. The number of hydrogen-bond acceptors (Lipinski definition) is 3. The van der Waals surface area contributed by atoms with E-state index in [4.69, 9.17) is 9.97 Å². The maximum Gasteiger partial charge on any atom is 0.170 e. The van der Waals surface area contributed by atoms with E-state index in [0.717, 1.165) is 38.8 Å². The Hall–Kier alpha value is -5.94. The van der Waals surface area contributed by atoms with E-state index in [-0.39, 0.29) is 0 Å². The third kappa shape index (κ3) is 6.64. The summed E-state index contributed by atoms with van der Waals surface area (Å²) in [5, 5.41) is 5.22. The van der Waals surface area contributed by atoms with E-state index in [1.165, 1.54) is 53.9 Å². The van der Waals surface area contributed by atoms with Crippen LogP contribution in [0.1, 0.15) is 0 Å². The molecule has 254 valence electrons. The van der Waals surface area contributed by atoms with Crippen molar-refractivity contribution in [3.05, 3.63) is 176 Å². The number of rotatable bonds is 7. The van der Waals surface area contributed by atoms with Crippen LogP contribution in [-0.4, -0.2) is 18.0 Å². The Labute approximate surface area is 316 Å². The van der Waals surface area contributed by atoms with Crippen molar-refractivity contribution in [1.29, 1.82) is 0 Å². The van der Waals surface area contributed by atoms with Gasteiger partial charge in [-0.25, -0.2) is 9.97 Å². The van der Waals surface area contributed by atoms with Crippen LogP contribution in [0, 0.1) is 0 Å². The monoisotopic (exact) mass is 714 g/mol. The second kappa shape index (κ2) is 13.6. The highest BCUT2D eigenvalue weighted by Gasteiger charge is 2.17. The van der Waals surface area contributed by atoms with E-state index >= 15 is 0 Å². The lowest BCUT2D eigenvalue weighted by molar-refractivity contribution is 1.19. The SMILES string of the molecule is C[Si](C)(C)c1ccc(-c2cccc(-c3cccc(-c4cccc(-c5cc(-c6ccccc6)nc(-c6cc7c(ccc8ccccc87)s6)n5)c4)c3)c2)cc1. The summed E-state index contributed by atoms with van der Waals surface area (Å²) in [5.41, 5.74) is 11.2. The molecule has 0 N–H and O–H groups in total. The molecule has 0 aliphatic heterocycles. The zero-order valence-electron chi connectivity index (χ0n) is 30.0. The predicted molar refractivity (Wildman–Crippen MR) is 231 cm³/mol. The zero-order chi connectivity index (χ0) is 35.9. The molecule has 9 rings (SSSR count). The molecular weight excluding hydrogens is 677 g/mol. The summed E-state index contributed by atoms with van der Waals surface area (Å²) in [6.07, 6.45) is 0. The van der Waals surface area contributed by atoms with E-state index in [1.807, 2.05) is 6.07 Å². The van der Waals surface area contributed by atoms with Gasteiger partial charge >= 0.3 is 0 Å². The van der Waals surface area contributed by atoms with Gasteiger partial charge in [0.1, 0.15) is 0 Å². The number of benzene rings is 7. The first kappa shape index (κ1) is 32.9. The summed E-state index contributed by atoms with van der Waals surface area (Å²) >= 11 is 1.75. The minimum Gasteiger partial charge on any atom is -0.227 e. The van der Waals surface area contributed by atoms with E-state index in [1.54, 1.807) is 11.3 Å². The average molecular weight is 715 g/mol. The topological polar surface area (TPSA) is 25.8 Å². The predicted octanol–water partition coefficient (Wildman–Crippen LogP) is 13.4. The fourth-order valence-electron chi connectivity index (χ4n) is 7.14. The van der Waals surface area contributed by atoms with Gasteiger partial charge < -0.3 is 0 Å². The molecule has 7 aromatic carbocycles. The van der Waals surface area contributed by atoms with Crippen LogP contribution in [-0.2, 0) is 0 Å². The van der Waals surface area contributed by atoms with Crippen LogP contribution in [0.5, 0.6) is 0 Å². The molecule has 0 radical (unpaired) electrons. The van der Waals surface area contributed by atoms with Gasteiger partial charge in [-0.1, -0.05) is 164 Å². The average Bonchev–Trinajstić information content (AvgIpc) is 3.66. The van der Waals surface area contributed by atoms with Crippen molar-refractivity contribution in [2.45, 2.75) is 19.6 Å². The molecule has 9 aromatic rings. The second-order valence-electron chi connectivity index (χ2n) is 14.7. The van der Waals surface area contributed by atoms with E-state index in [0.29, 0.717) is 0 Å². The smallest absolute Gasteiger partial charge is 0.170 e. The third-order valence-electron chi connectivity index (χ3n) is 10.1. The Bertz CT molecular complexity index is 2760. The normalized spacial score (nSPS) is 11.7. The quantitative estimate of drug-likeness (QED) is 0.154. The van der Waals surface area contributed by atoms with Gasteiger partial charge in [0.05, 0.1) is 24.3 Å². The fourth-order valence-corrected chi connectivity index (χ4v) is 9.32. The number of aromatic nitrogens is 2. The molecule has 0 bridgehead atoms. The minimum absolute atomic E-state index is 0.744. The summed E-state index contributed by atoms with van der Waals surface area (Å²) in [6, 6.07) is 63.5. The second-order valence-corrected chi connectivity index (χ2v) is 20.9. The first-order chi connectivity index (χ1) is 25.9. The molecule has 0 aliphatic carbocycles. The van der Waals surface area contributed by atoms with Crippen molar-refractivity contribution in [2.24, 2.45) is 0 Å². The van der Waals surface area contributed by atoms with Gasteiger partial charge in [-0.05, 0) is 80.6 Å². The molecule has 0 aliphatic rings. The van der Waals surface area contributed by atoms with E-state index < -0.39 is 8.07 Å². The largest absolute Gasteiger partial charge is 0.227 e. The highest BCUT2D eigenvalue weighted by atomic mass is 32.1. The molecule has 2 nitrogen and oxygen atoms in total.